The molecule has 3 rings (SSSR count). The van der Waals surface area contributed by atoms with Crippen LogP contribution in [0, 0.1) is 12.3 Å². The molecule has 0 aromatic heterocycles. The highest BCUT2D eigenvalue weighted by Crippen LogP contribution is 2.47. The minimum atomic E-state index is -1.02. The number of aryl methyl sites for hydroxylation is 1. The molecule has 1 fully saturated rings. The summed E-state index contributed by atoms with van der Waals surface area (Å²) >= 11 is 5.99. The smallest absolute Gasteiger partial charge is 0.240 e. The van der Waals surface area contributed by atoms with Crippen LogP contribution in [0.15, 0.2) is 42.5 Å². The third-order valence-electron chi connectivity index (χ3n) is 4.56. The molecule has 0 spiro atoms. The second-order valence-corrected chi connectivity index (χ2v) is 6.99. The summed E-state index contributed by atoms with van der Waals surface area (Å²) < 4.78 is 5.24. The Bertz CT molecular complexity index is 847. The Morgan fingerprint density at radius 1 is 1.15 bits per heavy atom. The van der Waals surface area contributed by atoms with Crippen LogP contribution in [0.25, 0.3) is 0 Å². The summed E-state index contributed by atoms with van der Waals surface area (Å²) in [6.45, 7) is 2.40. The van der Waals surface area contributed by atoms with Gasteiger partial charge in [-0.15, -0.1) is 0 Å². The number of anilines is 1. The topological polar surface area (TPSA) is 67.4 Å². The summed E-state index contributed by atoms with van der Waals surface area (Å²) in [5, 5.41) is 6.14. The molecule has 2 aromatic carbocycles. The standard InChI is InChI=1S/C20H21ClN2O3/c1-13-4-3-5-14(10-13)12-22-18(24)20(8-9-20)19(25)23-16-11-15(21)6-7-17(16)26-2/h3-7,10-11H,8-9,12H2,1-2H3,(H,22,24)(H,23,25). The highest BCUT2D eigenvalue weighted by atomic mass is 35.5. The third-order valence-corrected chi connectivity index (χ3v) is 4.80. The first-order valence-corrected chi connectivity index (χ1v) is 8.81. The number of carbonyl (C=O) groups is 2. The number of rotatable bonds is 6. The number of carbonyl (C=O) groups excluding carboxylic acids is 2. The molecule has 2 amide bonds. The van der Waals surface area contributed by atoms with Crippen LogP contribution in [0.2, 0.25) is 5.02 Å². The van der Waals surface area contributed by atoms with Crippen LogP contribution in [-0.2, 0) is 16.1 Å². The van der Waals surface area contributed by atoms with Gasteiger partial charge in [0, 0.05) is 11.6 Å². The number of benzene rings is 2. The number of methoxy groups -OCH3 is 1. The van der Waals surface area contributed by atoms with Crippen LogP contribution in [0.3, 0.4) is 0 Å². The lowest BCUT2D eigenvalue weighted by Crippen LogP contribution is -2.39. The van der Waals surface area contributed by atoms with Gasteiger partial charge in [-0.1, -0.05) is 41.4 Å². The third kappa shape index (κ3) is 3.83. The molecule has 0 radical (unpaired) electrons. The number of amides is 2. The van der Waals surface area contributed by atoms with Gasteiger partial charge in [-0.25, -0.2) is 0 Å². The minimum absolute atomic E-state index is 0.252. The van der Waals surface area contributed by atoms with E-state index in [1.807, 2.05) is 31.2 Å². The molecule has 1 aliphatic rings. The molecule has 0 heterocycles. The highest BCUT2D eigenvalue weighted by molar-refractivity contribution is 6.31. The van der Waals surface area contributed by atoms with E-state index in [9.17, 15) is 9.59 Å². The Balaban J connectivity index is 1.67. The van der Waals surface area contributed by atoms with Crippen molar-refractivity contribution in [2.45, 2.75) is 26.3 Å². The number of hydrogen-bond acceptors (Lipinski definition) is 3. The van der Waals surface area contributed by atoms with E-state index >= 15 is 0 Å². The van der Waals surface area contributed by atoms with Crippen molar-refractivity contribution in [1.29, 1.82) is 0 Å². The Kier molecular flexibility index (Phi) is 5.18. The summed E-state index contributed by atoms with van der Waals surface area (Å²) in [5.41, 5.74) is 1.58. The molecule has 6 heteroatoms. The van der Waals surface area contributed by atoms with Gasteiger partial charge in [-0.2, -0.15) is 0 Å². The fourth-order valence-electron chi connectivity index (χ4n) is 2.88. The molecule has 5 nitrogen and oxygen atoms in total. The lowest BCUT2D eigenvalue weighted by molar-refractivity contribution is -0.134. The second-order valence-electron chi connectivity index (χ2n) is 6.55. The maximum Gasteiger partial charge on any atom is 0.240 e. The molecule has 2 N–H and O–H groups in total. The number of halogens is 1. The average molecular weight is 373 g/mol. The average Bonchev–Trinajstić information content (AvgIpc) is 3.42. The van der Waals surface area contributed by atoms with Crippen LogP contribution in [0.1, 0.15) is 24.0 Å². The van der Waals surface area contributed by atoms with Crippen molar-refractivity contribution in [3.63, 3.8) is 0 Å². The maximum absolute atomic E-state index is 12.7. The van der Waals surface area contributed by atoms with Gasteiger partial charge in [0.05, 0.1) is 12.8 Å². The summed E-state index contributed by atoms with van der Waals surface area (Å²) in [6, 6.07) is 12.9. The van der Waals surface area contributed by atoms with Gasteiger partial charge >= 0.3 is 0 Å². The maximum atomic E-state index is 12.7. The fraction of sp³-hybridized carbons (Fsp3) is 0.300. The predicted molar refractivity (Wildman–Crippen MR) is 101 cm³/mol. The predicted octanol–water partition coefficient (Wildman–Crippen LogP) is 3.69. The Labute approximate surface area is 157 Å². The number of ether oxygens (including phenoxy) is 1. The first kappa shape index (κ1) is 18.3. The lowest BCUT2D eigenvalue weighted by atomic mass is 10.0. The lowest BCUT2D eigenvalue weighted by Gasteiger charge is -2.17. The summed E-state index contributed by atoms with van der Waals surface area (Å²) in [4.78, 5) is 25.3. The van der Waals surface area contributed by atoms with Crippen molar-refractivity contribution in [3.8, 4) is 5.75 Å². The fourth-order valence-corrected chi connectivity index (χ4v) is 3.05. The summed E-state index contributed by atoms with van der Waals surface area (Å²) in [6.07, 6.45) is 1.06. The van der Waals surface area contributed by atoms with Crippen molar-refractivity contribution in [1.82, 2.24) is 5.32 Å². The zero-order valence-electron chi connectivity index (χ0n) is 14.8. The van der Waals surface area contributed by atoms with Crippen molar-refractivity contribution < 1.29 is 14.3 Å². The van der Waals surface area contributed by atoms with Crippen LogP contribution in [0.4, 0.5) is 5.69 Å². The monoisotopic (exact) mass is 372 g/mol. The van der Waals surface area contributed by atoms with Gasteiger partial charge in [0.25, 0.3) is 0 Å². The number of hydrogen-bond donors (Lipinski definition) is 2. The molecule has 2 aromatic rings. The van der Waals surface area contributed by atoms with Crippen molar-refractivity contribution in [2.75, 3.05) is 12.4 Å². The normalized spacial score (nSPS) is 14.4. The first-order chi connectivity index (χ1) is 12.4. The van der Waals surface area contributed by atoms with Crippen LogP contribution >= 0.6 is 11.6 Å². The van der Waals surface area contributed by atoms with Gasteiger partial charge < -0.3 is 15.4 Å². The van der Waals surface area contributed by atoms with E-state index in [4.69, 9.17) is 16.3 Å². The van der Waals surface area contributed by atoms with Gasteiger partial charge in [-0.05, 0) is 43.5 Å². The Hall–Kier alpha value is -2.53. The van der Waals surface area contributed by atoms with E-state index in [-0.39, 0.29) is 11.8 Å². The molecule has 0 aliphatic heterocycles. The zero-order valence-corrected chi connectivity index (χ0v) is 15.5. The quantitative estimate of drug-likeness (QED) is 0.760. The highest BCUT2D eigenvalue weighted by Gasteiger charge is 2.56. The Morgan fingerprint density at radius 3 is 2.58 bits per heavy atom. The van der Waals surface area contributed by atoms with Crippen molar-refractivity contribution in [3.05, 3.63) is 58.6 Å². The molecule has 0 saturated heterocycles. The summed E-state index contributed by atoms with van der Waals surface area (Å²) in [7, 11) is 1.51. The zero-order chi connectivity index (χ0) is 18.7. The molecule has 0 unspecified atom stereocenters. The van der Waals surface area contributed by atoms with Gasteiger partial charge in [0.1, 0.15) is 11.2 Å². The van der Waals surface area contributed by atoms with E-state index < -0.39 is 5.41 Å². The largest absolute Gasteiger partial charge is 0.495 e. The molecular weight excluding hydrogens is 352 g/mol. The molecule has 1 saturated carbocycles. The van der Waals surface area contributed by atoms with E-state index in [1.165, 1.54) is 7.11 Å². The molecule has 0 bridgehead atoms. The van der Waals surface area contributed by atoms with Gasteiger partial charge in [0.2, 0.25) is 11.8 Å². The van der Waals surface area contributed by atoms with E-state index in [2.05, 4.69) is 10.6 Å². The van der Waals surface area contributed by atoms with Crippen LogP contribution in [0.5, 0.6) is 5.75 Å². The van der Waals surface area contributed by atoms with E-state index in [1.54, 1.807) is 18.2 Å². The SMILES string of the molecule is COc1ccc(Cl)cc1NC(=O)C1(C(=O)NCc2cccc(C)c2)CC1. The molecular formula is C20H21ClN2O3. The van der Waals surface area contributed by atoms with Gasteiger partial charge in [-0.3, -0.25) is 9.59 Å². The molecule has 136 valence electrons. The van der Waals surface area contributed by atoms with Crippen molar-refractivity contribution >= 4 is 29.1 Å². The molecule has 26 heavy (non-hydrogen) atoms. The molecule has 1 aliphatic carbocycles. The first-order valence-electron chi connectivity index (χ1n) is 8.43. The summed E-state index contributed by atoms with van der Waals surface area (Å²) in [5.74, 6) is -0.0870. The van der Waals surface area contributed by atoms with Gasteiger partial charge in [0.15, 0.2) is 0 Å². The second kappa shape index (κ2) is 7.38. The molecule has 0 atom stereocenters. The van der Waals surface area contributed by atoms with Crippen LogP contribution < -0.4 is 15.4 Å². The number of nitrogens with one attached hydrogen (secondary N) is 2. The minimum Gasteiger partial charge on any atom is -0.495 e. The van der Waals surface area contributed by atoms with Crippen molar-refractivity contribution in [2.24, 2.45) is 5.41 Å². The Morgan fingerprint density at radius 2 is 1.92 bits per heavy atom. The van der Waals surface area contributed by atoms with E-state index in [0.29, 0.717) is 35.8 Å². The van der Waals surface area contributed by atoms with E-state index in [0.717, 1.165) is 11.1 Å². The van der Waals surface area contributed by atoms with Crippen LogP contribution in [-0.4, -0.2) is 18.9 Å².